The van der Waals surface area contributed by atoms with Crippen LogP contribution in [-0.4, -0.2) is 45.7 Å². The van der Waals surface area contributed by atoms with Gasteiger partial charge in [0, 0.05) is 13.1 Å². The van der Waals surface area contributed by atoms with Gasteiger partial charge < -0.3 is 10.0 Å². The van der Waals surface area contributed by atoms with Gasteiger partial charge >= 0.3 is 0 Å². The van der Waals surface area contributed by atoms with Gasteiger partial charge in [0.25, 0.3) is 0 Å². The van der Waals surface area contributed by atoms with E-state index in [9.17, 15) is 14.7 Å². The lowest BCUT2D eigenvalue weighted by atomic mass is 9.69. The molecule has 0 aromatic rings. The molecule has 1 saturated carbocycles. The van der Waals surface area contributed by atoms with Crippen LogP contribution in [0.2, 0.25) is 0 Å². The summed E-state index contributed by atoms with van der Waals surface area (Å²) in [5, 5.41) is 19.5. The summed E-state index contributed by atoms with van der Waals surface area (Å²) in [7, 11) is 0. The molecule has 21 heavy (non-hydrogen) atoms. The van der Waals surface area contributed by atoms with Gasteiger partial charge in [-0.1, -0.05) is 13.3 Å². The SMILES string of the molecule is CCC[C@]1(O)CC[C@H](C(=O)N2CCCC2)[C@@H](C(=O)NO)C1. The van der Waals surface area contributed by atoms with Crippen molar-refractivity contribution in [1.29, 1.82) is 0 Å². The molecule has 6 nitrogen and oxygen atoms in total. The molecule has 2 aliphatic rings. The zero-order valence-corrected chi connectivity index (χ0v) is 12.7. The van der Waals surface area contributed by atoms with Crippen LogP contribution in [0.25, 0.3) is 0 Å². The fourth-order valence-corrected chi connectivity index (χ4v) is 3.80. The average Bonchev–Trinajstić information content (AvgIpc) is 3.00. The van der Waals surface area contributed by atoms with E-state index in [0.717, 1.165) is 32.4 Å². The molecule has 120 valence electrons. The summed E-state index contributed by atoms with van der Waals surface area (Å²) < 4.78 is 0. The number of hydroxylamine groups is 1. The molecule has 0 radical (unpaired) electrons. The maximum atomic E-state index is 12.6. The third-order valence-electron chi connectivity index (χ3n) is 4.90. The van der Waals surface area contributed by atoms with Gasteiger partial charge in [-0.15, -0.1) is 0 Å². The molecule has 1 aliphatic carbocycles. The summed E-state index contributed by atoms with van der Waals surface area (Å²) >= 11 is 0. The Labute approximate surface area is 125 Å². The Balaban J connectivity index is 2.12. The maximum Gasteiger partial charge on any atom is 0.247 e. The van der Waals surface area contributed by atoms with Crippen molar-refractivity contribution in [3.63, 3.8) is 0 Å². The van der Waals surface area contributed by atoms with E-state index in [-0.39, 0.29) is 12.3 Å². The minimum atomic E-state index is -0.895. The van der Waals surface area contributed by atoms with Crippen molar-refractivity contribution in [1.82, 2.24) is 10.4 Å². The molecule has 2 amide bonds. The smallest absolute Gasteiger partial charge is 0.247 e. The van der Waals surface area contributed by atoms with Crippen molar-refractivity contribution < 1.29 is 19.9 Å². The highest BCUT2D eigenvalue weighted by molar-refractivity contribution is 5.87. The predicted octanol–water partition coefficient (Wildman–Crippen LogP) is 1.06. The summed E-state index contributed by atoms with van der Waals surface area (Å²) in [4.78, 5) is 26.3. The van der Waals surface area contributed by atoms with Crippen molar-refractivity contribution in [3.8, 4) is 0 Å². The highest BCUT2D eigenvalue weighted by Crippen LogP contribution is 2.40. The van der Waals surface area contributed by atoms with Crippen molar-refractivity contribution >= 4 is 11.8 Å². The highest BCUT2D eigenvalue weighted by Gasteiger charge is 2.46. The Morgan fingerprint density at radius 3 is 2.52 bits per heavy atom. The largest absolute Gasteiger partial charge is 0.390 e. The minimum absolute atomic E-state index is 0.000325. The van der Waals surface area contributed by atoms with Gasteiger partial charge in [0.05, 0.1) is 17.4 Å². The first-order chi connectivity index (χ1) is 10.0. The molecule has 0 unspecified atom stereocenters. The van der Waals surface area contributed by atoms with E-state index in [2.05, 4.69) is 0 Å². The molecule has 6 heteroatoms. The van der Waals surface area contributed by atoms with E-state index < -0.39 is 23.3 Å². The molecular formula is C15H26N2O4. The maximum absolute atomic E-state index is 12.6. The second-order valence-corrected chi connectivity index (χ2v) is 6.44. The number of nitrogens with one attached hydrogen (secondary N) is 1. The molecule has 0 bridgehead atoms. The van der Waals surface area contributed by atoms with Crippen LogP contribution >= 0.6 is 0 Å². The molecule has 0 aromatic heterocycles. The third kappa shape index (κ3) is 3.55. The standard InChI is InChI=1S/C15H26N2O4/c1-2-6-15(20)7-5-11(12(10-15)13(18)16-21)14(19)17-8-3-4-9-17/h11-12,20-21H,2-10H2,1H3,(H,16,18)/t11-,12-,15-/m0/s1. The van der Waals surface area contributed by atoms with Gasteiger partial charge in [-0.25, -0.2) is 5.48 Å². The summed E-state index contributed by atoms with van der Waals surface area (Å²) in [5.74, 6) is -1.62. The molecule has 2 fully saturated rings. The van der Waals surface area contributed by atoms with Crippen molar-refractivity contribution in [2.24, 2.45) is 11.8 Å². The van der Waals surface area contributed by atoms with Gasteiger partial charge in [-0.2, -0.15) is 0 Å². The van der Waals surface area contributed by atoms with Crippen LogP contribution < -0.4 is 5.48 Å². The second kappa shape index (κ2) is 6.75. The summed E-state index contributed by atoms with van der Waals surface area (Å²) in [6, 6.07) is 0. The van der Waals surface area contributed by atoms with Gasteiger partial charge in [-0.05, 0) is 38.5 Å². The first kappa shape index (κ1) is 16.2. The molecule has 0 aromatic carbocycles. The number of hydrogen-bond acceptors (Lipinski definition) is 4. The lowest BCUT2D eigenvalue weighted by molar-refractivity contribution is -0.152. The number of hydrogen-bond donors (Lipinski definition) is 3. The normalized spacial score (nSPS) is 33.0. The highest BCUT2D eigenvalue weighted by atomic mass is 16.5. The molecule has 1 saturated heterocycles. The first-order valence-corrected chi connectivity index (χ1v) is 7.96. The predicted molar refractivity (Wildman–Crippen MR) is 76.4 cm³/mol. The zero-order valence-electron chi connectivity index (χ0n) is 12.7. The van der Waals surface area contributed by atoms with E-state index in [1.54, 1.807) is 5.48 Å². The molecule has 3 N–H and O–H groups in total. The van der Waals surface area contributed by atoms with Crippen molar-refractivity contribution in [2.75, 3.05) is 13.1 Å². The Morgan fingerprint density at radius 1 is 1.29 bits per heavy atom. The van der Waals surface area contributed by atoms with Crippen LogP contribution in [0.4, 0.5) is 0 Å². The molecular weight excluding hydrogens is 272 g/mol. The zero-order chi connectivity index (χ0) is 15.5. The Bertz CT molecular complexity index is 395. The molecule has 3 atom stereocenters. The summed E-state index contributed by atoms with van der Waals surface area (Å²) in [6.45, 7) is 3.49. The Kier molecular flexibility index (Phi) is 5.22. The van der Waals surface area contributed by atoms with E-state index >= 15 is 0 Å². The van der Waals surface area contributed by atoms with Crippen LogP contribution in [0, 0.1) is 11.8 Å². The first-order valence-electron chi connectivity index (χ1n) is 7.96. The second-order valence-electron chi connectivity index (χ2n) is 6.44. The number of aliphatic hydroxyl groups is 1. The number of rotatable bonds is 4. The number of likely N-dealkylation sites (tertiary alicyclic amines) is 1. The number of nitrogens with zero attached hydrogens (tertiary/aromatic N) is 1. The van der Waals surface area contributed by atoms with E-state index in [0.29, 0.717) is 19.3 Å². The minimum Gasteiger partial charge on any atom is -0.390 e. The topological polar surface area (TPSA) is 89.9 Å². The number of carbonyl (C=O) groups is 2. The fraction of sp³-hybridized carbons (Fsp3) is 0.867. The molecule has 1 aliphatic heterocycles. The van der Waals surface area contributed by atoms with E-state index in [1.807, 2.05) is 11.8 Å². The molecule has 1 heterocycles. The van der Waals surface area contributed by atoms with Crippen LogP contribution in [-0.2, 0) is 9.59 Å². The monoisotopic (exact) mass is 298 g/mol. The quantitative estimate of drug-likeness (QED) is 0.535. The van der Waals surface area contributed by atoms with Crippen molar-refractivity contribution in [3.05, 3.63) is 0 Å². The lowest BCUT2D eigenvalue weighted by Gasteiger charge is -2.41. The lowest BCUT2D eigenvalue weighted by Crippen LogP contribution is -2.50. The molecule has 0 spiro atoms. The Hall–Kier alpha value is -1.14. The fourth-order valence-electron chi connectivity index (χ4n) is 3.80. The van der Waals surface area contributed by atoms with Crippen LogP contribution in [0.1, 0.15) is 51.9 Å². The van der Waals surface area contributed by atoms with Crippen LogP contribution in [0.5, 0.6) is 0 Å². The molecule has 2 rings (SSSR count). The Morgan fingerprint density at radius 2 is 1.95 bits per heavy atom. The van der Waals surface area contributed by atoms with Gasteiger partial charge in [-0.3, -0.25) is 14.8 Å². The van der Waals surface area contributed by atoms with E-state index in [1.165, 1.54) is 0 Å². The van der Waals surface area contributed by atoms with Crippen molar-refractivity contribution in [2.45, 2.75) is 57.5 Å². The van der Waals surface area contributed by atoms with Gasteiger partial charge in [0.15, 0.2) is 0 Å². The summed E-state index contributed by atoms with van der Waals surface area (Å²) in [5.41, 5.74) is 0.774. The van der Waals surface area contributed by atoms with Gasteiger partial charge in [0.2, 0.25) is 11.8 Å². The number of amides is 2. The summed E-state index contributed by atoms with van der Waals surface area (Å²) in [6.07, 6.45) is 4.76. The average molecular weight is 298 g/mol. The third-order valence-corrected chi connectivity index (χ3v) is 4.90. The van der Waals surface area contributed by atoms with E-state index in [4.69, 9.17) is 5.21 Å². The number of carbonyl (C=O) groups excluding carboxylic acids is 2. The van der Waals surface area contributed by atoms with Crippen LogP contribution in [0.3, 0.4) is 0 Å². The van der Waals surface area contributed by atoms with Crippen LogP contribution in [0.15, 0.2) is 0 Å². The van der Waals surface area contributed by atoms with Gasteiger partial charge in [0.1, 0.15) is 0 Å².